The zero-order chi connectivity index (χ0) is 13.1. The van der Waals surface area contributed by atoms with Crippen molar-refractivity contribution < 1.29 is 4.74 Å². The van der Waals surface area contributed by atoms with Gasteiger partial charge in [-0.05, 0) is 0 Å². The Morgan fingerprint density at radius 3 is 3.26 bits per heavy atom. The minimum atomic E-state index is 0.547. The largest absolute Gasteiger partial charge is 0.481 e. The molecule has 3 rings (SSSR count). The lowest BCUT2D eigenvalue weighted by molar-refractivity contribution is 0.397. The van der Waals surface area contributed by atoms with Crippen LogP contribution in [0.5, 0.6) is 5.88 Å². The van der Waals surface area contributed by atoms with Gasteiger partial charge in [0.15, 0.2) is 0 Å². The van der Waals surface area contributed by atoms with E-state index in [0.29, 0.717) is 12.4 Å². The number of hydrogen-bond donors (Lipinski definition) is 2. The molecule has 0 saturated heterocycles. The van der Waals surface area contributed by atoms with E-state index in [-0.39, 0.29) is 0 Å². The first-order chi connectivity index (χ1) is 9.35. The van der Waals surface area contributed by atoms with Crippen molar-refractivity contribution in [3.63, 3.8) is 0 Å². The molecule has 1 aliphatic rings. The van der Waals surface area contributed by atoms with E-state index in [2.05, 4.69) is 36.3 Å². The van der Waals surface area contributed by atoms with Crippen LogP contribution in [-0.4, -0.2) is 33.2 Å². The summed E-state index contributed by atoms with van der Waals surface area (Å²) < 4.78 is 7.24. The second-order valence-electron chi connectivity index (χ2n) is 4.32. The Morgan fingerprint density at radius 1 is 1.47 bits per heavy atom. The third kappa shape index (κ3) is 2.65. The summed E-state index contributed by atoms with van der Waals surface area (Å²) in [6.45, 7) is 3.45. The Balaban J connectivity index is 1.66. The van der Waals surface area contributed by atoms with Gasteiger partial charge in [-0.2, -0.15) is 0 Å². The molecule has 3 heterocycles. The third-order valence-corrected chi connectivity index (χ3v) is 3.02. The predicted octanol–water partition coefficient (Wildman–Crippen LogP) is 0.397. The maximum absolute atomic E-state index is 5.05. The molecule has 2 aromatic heterocycles. The Morgan fingerprint density at radius 2 is 2.42 bits per heavy atom. The molecule has 0 unspecified atom stereocenters. The van der Waals surface area contributed by atoms with Gasteiger partial charge < -0.3 is 19.9 Å². The summed E-state index contributed by atoms with van der Waals surface area (Å²) in [4.78, 5) is 12.7. The minimum Gasteiger partial charge on any atom is -0.481 e. The lowest BCUT2D eigenvalue weighted by Gasteiger charge is -2.13. The summed E-state index contributed by atoms with van der Waals surface area (Å²) in [5.41, 5.74) is 1.01. The van der Waals surface area contributed by atoms with Crippen molar-refractivity contribution in [2.24, 2.45) is 0 Å². The van der Waals surface area contributed by atoms with Gasteiger partial charge in [0, 0.05) is 25.4 Å². The molecule has 7 heteroatoms. The highest BCUT2D eigenvalue weighted by Gasteiger charge is 2.11. The van der Waals surface area contributed by atoms with Crippen LogP contribution in [-0.2, 0) is 19.6 Å². The molecule has 0 atom stereocenters. The number of nitrogens with zero attached hydrogens (tertiary/aromatic N) is 4. The Kier molecular flexibility index (Phi) is 3.28. The molecule has 19 heavy (non-hydrogen) atoms. The van der Waals surface area contributed by atoms with Crippen molar-refractivity contribution >= 4 is 5.82 Å². The Hall–Kier alpha value is -2.15. The SMILES string of the molecule is COc1cc(NCc2cn3c(n2)CNCC3)ncn1. The monoisotopic (exact) mass is 260 g/mol. The number of nitrogens with one attached hydrogen (secondary N) is 2. The van der Waals surface area contributed by atoms with E-state index in [0.717, 1.165) is 37.0 Å². The van der Waals surface area contributed by atoms with Crippen LogP contribution in [0.3, 0.4) is 0 Å². The second-order valence-corrected chi connectivity index (χ2v) is 4.32. The molecule has 0 aliphatic carbocycles. The van der Waals surface area contributed by atoms with Crippen molar-refractivity contribution in [3.8, 4) is 5.88 Å². The van der Waals surface area contributed by atoms with Crippen molar-refractivity contribution in [1.82, 2.24) is 24.8 Å². The zero-order valence-electron chi connectivity index (χ0n) is 10.8. The van der Waals surface area contributed by atoms with Crippen LogP contribution in [0.2, 0.25) is 0 Å². The van der Waals surface area contributed by atoms with Crippen molar-refractivity contribution in [3.05, 3.63) is 30.1 Å². The average Bonchev–Trinajstić information content (AvgIpc) is 2.88. The van der Waals surface area contributed by atoms with E-state index in [1.165, 1.54) is 6.33 Å². The molecular weight excluding hydrogens is 244 g/mol. The van der Waals surface area contributed by atoms with Gasteiger partial charge in [-0.1, -0.05) is 0 Å². The topological polar surface area (TPSA) is 76.9 Å². The maximum atomic E-state index is 5.05. The van der Waals surface area contributed by atoms with Gasteiger partial charge in [-0.3, -0.25) is 0 Å². The molecule has 2 N–H and O–H groups in total. The Bertz CT molecular complexity index is 544. The first-order valence-corrected chi connectivity index (χ1v) is 6.21. The number of ether oxygens (including phenoxy) is 1. The summed E-state index contributed by atoms with van der Waals surface area (Å²) in [6, 6.07) is 1.76. The lowest BCUT2D eigenvalue weighted by atomic mass is 10.4. The van der Waals surface area contributed by atoms with Gasteiger partial charge in [-0.15, -0.1) is 0 Å². The van der Waals surface area contributed by atoms with Gasteiger partial charge in [0.2, 0.25) is 5.88 Å². The van der Waals surface area contributed by atoms with Crippen molar-refractivity contribution in [1.29, 1.82) is 0 Å². The molecule has 0 spiro atoms. The molecule has 0 amide bonds. The van der Waals surface area contributed by atoms with Crippen LogP contribution in [0.25, 0.3) is 0 Å². The number of rotatable bonds is 4. The van der Waals surface area contributed by atoms with Crippen molar-refractivity contribution in [2.75, 3.05) is 19.0 Å². The number of fused-ring (bicyclic) bond motifs is 1. The molecule has 7 nitrogen and oxygen atoms in total. The summed E-state index contributed by atoms with van der Waals surface area (Å²) >= 11 is 0. The first kappa shape index (κ1) is 11.9. The lowest BCUT2D eigenvalue weighted by Crippen LogP contribution is -2.27. The highest BCUT2D eigenvalue weighted by atomic mass is 16.5. The van der Waals surface area contributed by atoms with Gasteiger partial charge >= 0.3 is 0 Å². The normalized spacial score (nSPS) is 13.9. The predicted molar refractivity (Wildman–Crippen MR) is 69.8 cm³/mol. The number of imidazole rings is 1. The van der Waals surface area contributed by atoms with Crippen LogP contribution in [0, 0.1) is 0 Å². The van der Waals surface area contributed by atoms with Gasteiger partial charge in [0.05, 0.1) is 25.9 Å². The standard InChI is InChI=1S/C12H16N6O/c1-19-12-4-10(15-8-16-12)14-5-9-7-18-3-2-13-6-11(18)17-9/h4,7-8,13H,2-3,5-6H2,1H3,(H,14,15,16). The minimum absolute atomic E-state index is 0.547. The molecule has 0 fully saturated rings. The Labute approximate surface area is 111 Å². The average molecular weight is 260 g/mol. The molecule has 1 aliphatic heterocycles. The van der Waals surface area contributed by atoms with Crippen LogP contribution in [0.4, 0.5) is 5.82 Å². The highest BCUT2D eigenvalue weighted by Crippen LogP contribution is 2.12. The number of anilines is 1. The summed E-state index contributed by atoms with van der Waals surface area (Å²) in [6.07, 6.45) is 3.56. The van der Waals surface area contributed by atoms with E-state index in [4.69, 9.17) is 4.74 Å². The second kappa shape index (κ2) is 5.23. The van der Waals surface area contributed by atoms with E-state index >= 15 is 0 Å². The van der Waals surface area contributed by atoms with Gasteiger partial charge in [0.1, 0.15) is 18.0 Å². The van der Waals surface area contributed by atoms with E-state index in [1.54, 1.807) is 13.2 Å². The fraction of sp³-hybridized carbons (Fsp3) is 0.417. The van der Waals surface area contributed by atoms with E-state index < -0.39 is 0 Å². The summed E-state index contributed by atoms with van der Waals surface area (Å²) in [5, 5.41) is 6.52. The molecule has 100 valence electrons. The van der Waals surface area contributed by atoms with E-state index in [1.807, 2.05) is 0 Å². The van der Waals surface area contributed by atoms with E-state index in [9.17, 15) is 0 Å². The van der Waals surface area contributed by atoms with Crippen LogP contribution in [0.15, 0.2) is 18.6 Å². The van der Waals surface area contributed by atoms with Gasteiger partial charge in [0.25, 0.3) is 0 Å². The molecule has 0 radical (unpaired) electrons. The quantitative estimate of drug-likeness (QED) is 0.828. The summed E-state index contributed by atoms with van der Waals surface area (Å²) in [5.74, 6) is 2.37. The molecule has 2 aromatic rings. The number of hydrogen-bond acceptors (Lipinski definition) is 6. The van der Waals surface area contributed by atoms with Crippen LogP contribution < -0.4 is 15.4 Å². The smallest absolute Gasteiger partial charge is 0.218 e. The van der Waals surface area contributed by atoms with Gasteiger partial charge in [-0.25, -0.2) is 15.0 Å². The third-order valence-electron chi connectivity index (χ3n) is 3.02. The first-order valence-electron chi connectivity index (χ1n) is 6.21. The molecule has 0 aromatic carbocycles. The number of aromatic nitrogens is 4. The zero-order valence-corrected chi connectivity index (χ0v) is 10.8. The fourth-order valence-electron chi connectivity index (χ4n) is 2.06. The van der Waals surface area contributed by atoms with Crippen LogP contribution >= 0.6 is 0 Å². The molecular formula is C12H16N6O. The molecule has 0 bridgehead atoms. The van der Waals surface area contributed by atoms with Crippen LogP contribution in [0.1, 0.15) is 11.5 Å². The highest BCUT2D eigenvalue weighted by molar-refractivity contribution is 5.37. The number of methoxy groups -OCH3 is 1. The fourth-order valence-corrected chi connectivity index (χ4v) is 2.06. The summed E-state index contributed by atoms with van der Waals surface area (Å²) in [7, 11) is 1.59. The maximum Gasteiger partial charge on any atom is 0.218 e. The molecule has 0 saturated carbocycles. The van der Waals surface area contributed by atoms with Crippen molar-refractivity contribution in [2.45, 2.75) is 19.6 Å².